The smallest absolute Gasteiger partial charge is 0.243 e. The van der Waals surface area contributed by atoms with E-state index in [-0.39, 0.29) is 31.3 Å². The van der Waals surface area contributed by atoms with Crippen LogP contribution in [0.5, 0.6) is 0 Å². The van der Waals surface area contributed by atoms with E-state index in [0.29, 0.717) is 25.1 Å². The summed E-state index contributed by atoms with van der Waals surface area (Å²) in [5.74, 6) is -0.361. The van der Waals surface area contributed by atoms with Crippen LogP contribution in [-0.4, -0.2) is 50.5 Å². The van der Waals surface area contributed by atoms with Crippen molar-refractivity contribution in [3.05, 3.63) is 101 Å². The third-order valence-electron chi connectivity index (χ3n) is 7.24. The number of hydrogen-bond acceptors (Lipinski definition) is 4. The summed E-state index contributed by atoms with van der Waals surface area (Å²) in [5, 5.41) is 3.04. The second-order valence-corrected chi connectivity index (χ2v) is 12.4. The summed E-state index contributed by atoms with van der Waals surface area (Å²) in [5.41, 5.74) is 4.43. The number of anilines is 1. The molecule has 2 amide bonds. The van der Waals surface area contributed by atoms with Gasteiger partial charge >= 0.3 is 0 Å². The first-order valence-electron chi connectivity index (χ1n) is 14.3. The zero-order valence-corrected chi connectivity index (χ0v) is 25.5. The highest BCUT2D eigenvalue weighted by atomic mass is 32.2. The number of para-hydroxylation sites is 1. The van der Waals surface area contributed by atoms with E-state index in [2.05, 4.69) is 12.2 Å². The van der Waals surface area contributed by atoms with Gasteiger partial charge in [-0.3, -0.25) is 13.9 Å². The largest absolute Gasteiger partial charge is 0.354 e. The first-order valence-corrected chi connectivity index (χ1v) is 16.2. The normalized spacial score (nSPS) is 12.0. The third kappa shape index (κ3) is 9.46. The van der Waals surface area contributed by atoms with Gasteiger partial charge in [-0.15, -0.1) is 0 Å². The van der Waals surface area contributed by atoms with Crippen LogP contribution in [-0.2, 0) is 32.6 Å². The monoisotopic (exact) mass is 577 g/mol. The molecule has 0 aliphatic heterocycles. The van der Waals surface area contributed by atoms with Crippen molar-refractivity contribution >= 4 is 27.5 Å². The number of amides is 2. The van der Waals surface area contributed by atoms with Gasteiger partial charge in [0, 0.05) is 32.5 Å². The first kappa shape index (κ1) is 31.9. The number of unbranched alkanes of at least 4 members (excludes halogenated alkanes) is 1. The van der Waals surface area contributed by atoms with Crippen LogP contribution in [0.15, 0.2) is 78.9 Å². The van der Waals surface area contributed by atoms with E-state index >= 15 is 0 Å². The molecule has 7 nitrogen and oxygen atoms in total. The highest BCUT2D eigenvalue weighted by molar-refractivity contribution is 7.92. The summed E-state index contributed by atoms with van der Waals surface area (Å²) in [6.45, 7) is 6.94. The SMILES string of the molecule is CCCCNC(=O)[C@@H](Cc1ccccc1)N(Cc1ccccc1C)C(=O)CCCN(c1ccccc1C)S(C)(=O)=O. The van der Waals surface area contributed by atoms with Crippen LogP contribution in [0.25, 0.3) is 0 Å². The molecule has 0 radical (unpaired) electrons. The molecule has 0 saturated heterocycles. The number of rotatable bonds is 15. The molecule has 0 aliphatic rings. The molecule has 220 valence electrons. The van der Waals surface area contributed by atoms with Gasteiger partial charge in [-0.2, -0.15) is 0 Å². The van der Waals surface area contributed by atoms with Crippen LogP contribution in [0.2, 0.25) is 0 Å². The molecule has 3 aromatic carbocycles. The first-order chi connectivity index (χ1) is 19.6. The fourth-order valence-electron chi connectivity index (χ4n) is 4.86. The Labute approximate surface area is 245 Å². The average molecular weight is 578 g/mol. The molecule has 0 aliphatic carbocycles. The third-order valence-corrected chi connectivity index (χ3v) is 8.42. The van der Waals surface area contributed by atoms with Crippen molar-refractivity contribution in [3.8, 4) is 0 Å². The number of carbonyl (C=O) groups is 2. The molecule has 0 aromatic heterocycles. The lowest BCUT2D eigenvalue weighted by atomic mass is 10.0. The Balaban J connectivity index is 1.88. The van der Waals surface area contributed by atoms with Crippen LogP contribution < -0.4 is 9.62 Å². The molecule has 3 aromatic rings. The fraction of sp³-hybridized carbons (Fsp3) is 0.394. The molecule has 1 N–H and O–H groups in total. The lowest BCUT2D eigenvalue weighted by Gasteiger charge is -2.32. The van der Waals surface area contributed by atoms with Gasteiger partial charge in [0.15, 0.2) is 0 Å². The van der Waals surface area contributed by atoms with Gasteiger partial charge in [0.25, 0.3) is 0 Å². The van der Waals surface area contributed by atoms with Crippen molar-refractivity contribution in [2.75, 3.05) is 23.7 Å². The molecular weight excluding hydrogens is 534 g/mol. The van der Waals surface area contributed by atoms with Gasteiger partial charge in [-0.25, -0.2) is 8.42 Å². The van der Waals surface area contributed by atoms with Crippen LogP contribution in [0.3, 0.4) is 0 Å². The predicted molar refractivity (Wildman–Crippen MR) is 166 cm³/mol. The van der Waals surface area contributed by atoms with E-state index in [4.69, 9.17) is 0 Å². The Morgan fingerprint density at radius 1 is 0.854 bits per heavy atom. The van der Waals surface area contributed by atoms with E-state index < -0.39 is 16.1 Å². The number of hydrogen-bond donors (Lipinski definition) is 1. The Bertz CT molecular complexity index is 1390. The van der Waals surface area contributed by atoms with E-state index in [1.807, 2.05) is 80.6 Å². The minimum Gasteiger partial charge on any atom is -0.354 e. The second-order valence-electron chi connectivity index (χ2n) is 10.5. The maximum absolute atomic E-state index is 13.9. The van der Waals surface area contributed by atoms with Crippen LogP contribution in [0, 0.1) is 13.8 Å². The highest BCUT2D eigenvalue weighted by Crippen LogP contribution is 2.23. The predicted octanol–water partition coefficient (Wildman–Crippen LogP) is 5.41. The zero-order chi connectivity index (χ0) is 29.8. The maximum Gasteiger partial charge on any atom is 0.243 e. The maximum atomic E-state index is 13.9. The molecule has 0 heterocycles. The van der Waals surface area contributed by atoms with Crippen LogP contribution in [0.1, 0.15) is 54.9 Å². The van der Waals surface area contributed by atoms with E-state index in [1.165, 1.54) is 10.6 Å². The standard InChI is InChI=1S/C33H43N3O4S/c1-5-6-22-34-33(38)31(24-28-17-8-7-9-18-28)35(25-29-19-12-10-15-26(29)2)32(37)21-14-23-36(41(4,39)40)30-20-13-11-16-27(30)3/h7-13,15-20,31H,5-6,14,21-25H2,1-4H3,(H,34,38)/t31-/m1/s1. The number of nitrogens with one attached hydrogen (secondary N) is 1. The summed E-state index contributed by atoms with van der Waals surface area (Å²) < 4.78 is 26.7. The van der Waals surface area contributed by atoms with Gasteiger partial charge in [-0.1, -0.05) is 86.1 Å². The van der Waals surface area contributed by atoms with Crippen molar-refractivity contribution in [1.29, 1.82) is 0 Å². The van der Waals surface area contributed by atoms with Crippen LogP contribution >= 0.6 is 0 Å². The van der Waals surface area contributed by atoms with Crippen molar-refractivity contribution < 1.29 is 18.0 Å². The molecule has 3 rings (SSSR count). The Kier molecular flexibility index (Phi) is 12.0. The molecule has 0 saturated carbocycles. The lowest BCUT2D eigenvalue weighted by molar-refractivity contribution is -0.141. The van der Waals surface area contributed by atoms with Gasteiger partial charge in [0.2, 0.25) is 21.8 Å². The van der Waals surface area contributed by atoms with E-state index in [9.17, 15) is 18.0 Å². The number of carbonyl (C=O) groups excluding carboxylic acids is 2. The highest BCUT2D eigenvalue weighted by Gasteiger charge is 2.30. The molecule has 0 fully saturated rings. The summed E-state index contributed by atoms with van der Waals surface area (Å²) in [4.78, 5) is 29.2. The molecule has 8 heteroatoms. The number of benzene rings is 3. The van der Waals surface area contributed by atoms with E-state index in [0.717, 1.165) is 35.1 Å². The topological polar surface area (TPSA) is 86.8 Å². The summed E-state index contributed by atoms with van der Waals surface area (Å²) in [6, 6.07) is 24.2. The summed E-state index contributed by atoms with van der Waals surface area (Å²) in [7, 11) is -3.55. The quantitative estimate of drug-likeness (QED) is 0.245. The van der Waals surface area contributed by atoms with Crippen molar-refractivity contribution in [3.63, 3.8) is 0 Å². The molecule has 0 spiro atoms. The molecule has 0 unspecified atom stereocenters. The van der Waals surface area contributed by atoms with Gasteiger partial charge in [0.05, 0.1) is 11.9 Å². The van der Waals surface area contributed by atoms with Crippen molar-refractivity contribution in [1.82, 2.24) is 10.2 Å². The van der Waals surface area contributed by atoms with E-state index in [1.54, 1.807) is 17.0 Å². The average Bonchev–Trinajstić information content (AvgIpc) is 2.94. The van der Waals surface area contributed by atoms with Crippen molar-refractivity contribution in [2.45, 2.75) is 65.5 Å². The Hall–Kier alpha value is -3.65. The number of nitrogens with zero attached hydrogens (tertiary/aromatic N) is 2. The fourth-order valence-corrected chi connectivity index (χ4v) is 5.88. The number of sulfonamides is 1. The molecule has 0 bridgehead atoms. The molecule has 41 heavy (non-hydrogen) atoms. The molecule has 1 atom stereocenters. The minimum atomic E-state index is -3.55. The lowest BCUT2D eigenvalue weighted by Crippen LogP contribution is -2.50. The second kappa shape index (κ2) is 15.4. The Morgan fingerprint density at radius 2 is 1.49 bits per heavy atom. The zero-order valence-electron chi connectivity index (χ0n) is 24.7. The summed E-state index contributed by atoms with van der Waals surface area (Å²) >= 11 is 0. The molecular formula is C33H43N3O4S. The van der Waals surface area contributed by atoms with Gasteiger partial charge in [-0.05, 0) is 55.0 Å². The number of aryl methyl sites for hydroxylation is 2. The Morgan fingerprint density at radius 3 is 2.12 bits per heavy atom. The summed E-state index contributed by atoms with van der Waals surface area (Å²) in [6.07, 6.45) is 3.80. The van der Waals surface area contributed by atoms with Crippen molar-refractivity contribution in [2.24, 2.45) is 0 Å². The minimum absolute atomic E-state index is 0.108. The van der Waals surface area contributed by atoms with Crippen LogP contribution in [0.4, 0.5) is 5.69 Å². The van der Waals surface area contributed by atoms with Gasteiger partial charge < -0.3 is 10.2 Å². The van der Waals surface area contributed by atoms with Gasteiger partial charge in [0.1, 0.15) is 6.04 Å².